The Morgan fingerprint density at radius 1 is 1.71 bits per heavy atom. The Morgan fingerprint density at radius 3 is 3.05 bits per heavy atom. The Hall–Kier alpha value is -2.24. The lowest BCUT2D eigenvalue weighted by Gasteiger charge is -2.38. The summed E-state index contributed by atoms with van der Waals surface area (Å²) in [6, 6.07) is 3.05. The van der Waals surface area contributed by atoms with Crippen LogP contribution in [0.5, 0.6) is 0 Å². The summed E-state index contributed by atoms with van der Waals surface area (Å²) in [6.07, 6.45) is 2.91. The molecule has 2 N–H and O–H groups in total. The highest BCUT2D eigenvalue weighted by atomic mass is 16.6. The third-order valence-corrected chi connectivity index (χ3v) is 3.72. The molecule has 0 saturated carbocycles. The van der Waals surface area contributed by atoms with Crippen LogP contribution >= 0.6 is 0 Å². The van der Waals surface area contributed by atoms with Crippen molar-refractivity contribution in [1.29, 1.82) is 5.26 Å². The molecule has 112 valence electrons. The Balaban J connectivity index is 2.36. The first kappa shape index (κ1) is 15.2. The molecule has 0 bridgehead atoms. The van der Waals surface area contributed by atoms with Gasteiger partial charge in [-0.3, -0.25) is 10.1 Å². The number of nitriles is 1. The van der Waals surface area contributed by atoms with Gasteiger partial charge >= 0.3 is 5.69 Å². The van der Waals surface area contributed by atoms with Crippen LogP contribution in [-0.2, 0) is 4.74 Å². The standard InChI is InChI=1S/C13H17N5O3/c1-21-11-2-3-17(10(5-11)7-15)13-12(18(19)20)4-9(6-14)8-16-13/h4,8,10-11H,2-3,5,7,15H2,1H3. The summed E-state index contributed by atoms with van der Waals surface area (Å²) < 4.78 is 5.34. The van der Waals surface area contributed by atoms with Crippen LogP contribution in [0.3, 0.4) is 0 Å². The van der Waals surface area contributed by atoms with Gasteiger partial charge in [0, 0.05) is 38.5 Å². The van der Waals surface area contributed by atoms with E-state index in [1.54, 1.807) is 7.11 Å². The quantitative estimate of drug-likeness (QED) is 0.643. The predicted molar refractivity (Wildman–Crippen MR) is 75.8 cm³/mol. The summed E-state index contributed by atoms with van der Waals surface area (Å²) in [4.78, 5) is 16.7. The number of nitro groups is 1. The number of anilines is 1. The van der Waals surface area contributed by atoms with Crippen LogP contribution in [0.2, 0.25) is 0 Å². The number of nitrogens with zero attached hydrogens (tertiary/aromatic N) is 4. The molecule has 0 amide bonds. The zero-order valence-corrected chi connectivity index (χ0v) is 11.7. The molecule has 1 aromatic rings. The predicted octanol–water partition coefficient (Wildman–Crippen LogP) is 0.804. The van der Waals surface area contributed by atoms with E-state index in [-0.39, 0.29) is 29.2 Å². The lowest BCUT2D eigenvalue weighted by molar-refractivity contribution is -0.384. The number of rotatable bonds is 4. The first-order valence-electron chi connectivity index (χ1n) is 6.64. The van der Waals surface area contributed by atoms with Gasteiger partial charge in [0.2, 0.25) is 5.82 Å². The number of pyridine rings is 1. The summed E-state index contributed by atoms with van der Waals surface area (Å²) in [6.45, 7) is 0.943. The van der Waals surface area contributed by atoms with Gasteiger partial charge in [0.05, 0.1) is 16.6 Å². The zero-order valence-electron chi connectivity index (χ0n) is 11.7. The van der Waals surface area contributed by atoms with Crippen molar-refractivity contribution in [2.75, 3.05) is 25.1 Å². The summed E-state index contributed by atoms with van der Waals surface area (Å²) in [5.41, 5.74) is 5.79. The van der Waals surface area contributed by atoms with Crippen molar-refractivity contribution in [2.24, 2.45) is 5.73 Å². The molecule has 1 aromatic heterocycles. The minimum atomic E-state index is -0.515. The molecule has 2 rings (SSSR count). The van der Waals surface area contributed by atoms with Crippen molar-refractivity contribution in [3.8, 4) is 6.07 Å². The fourth-order valence-electron chi connectivity index (χ4n) is 2.59. The minimum absolute atomic E-state index is 0.0668. The van der Waals surface area contributed by atoms with Gasteiger partial charge in [0.1, 0.15) is 6.07 Å². The van der Waals surface area contributed by atoms with Gasteiger partial charge in [-0.2, -0.15) is 5.26 Å². The Bertz CT molecular complexity index is 571. The number of ether oxygens (including phenoxy) is 1. The van der Waals surface area contributed by atoms with Crippen LogP contribution in [0, 0.1) is 21.4 Å². The minimum Gasteiger partial charge on any atom is -0.381 e. The average Bonchev–Trinajstić information content (AvgIpc) is 2.53. The number of piperidine rings is 1. The first-order chi connectivity index (χ1) is 10.1. The molecule has 21 heavy (non-hydrogen) atoms. The van der Waals surface area contributed by atoms with Crippen LogP contribution in [0.15, 0.2) is 12.3 Å². The van der Waals surface area contributed by atoms with Crippen molar-refractivity contribution in [3.63, 3.8) is 0 Å². The van der Waals surface area contributed by atoms with Gasteiger partial charge in [0.15, 0.2) is 0 Å². The second-order valence-electron chi connectivity index (χ2n) is 4.90. The van der Waals surface area contributed by atoms with E-state index in [0.29, 0.717) is 19.5 Å². The number of nitrogens with two attached hydrogens (primary N) is 1. The summed E-state index contributed by atoms with van der Waals surface area (Å²) in [7, 11) is 1.65. The smallest absolute Gasteiger partial charge is 0.312 e. The molecular formula is C13H17N5O3. The molecule has 1 saturated heterocycles. The van der Waals surface area contributed by atoms with Gasteiger partial charge in [-0.05, 0) is 12.8 Å². The summed E-state index contributed by atoms with van der Waals surface area (Å²) in [5.74, 6) is 0.268. The molecule has 1 aliphatic rings. The molecule has 0 spiro atoms. The van der Waals surface area contributed by atoms with Gasteiger partial charge in [-0.25, -0.2) is 4.98 Å². The Morgan fingerprint density at radius 2 is 2.48 bits per heavy atom. The fourth-order valence-corrected chi connectivity index (χ4v) is 2.59. The van der Waals surface area contributed by atoms with E-state index in [2.05, 4.69) is 4.98 Å². The number of aromatic nitrogens is 1. The molecule has 8 heteroatoms. The van der Waals surface area contributed by atoms with E-state index in [1.807, 2.05) is 11.0 Å². The maximum absolute atomic E-state index is 11.2. The maximum atomic E-state index is 11.2. The third kappa shape index (κ3) is 3.09. The molecule has 2 unspecified atom stereocenters. The molecule has 8 nitrogen and oxygen atoms in total. The number of hydrogen-bond donors (Lipinski definition) is 1. The van der Waals surface area contributed by atoms with E-state index >= 15 is 0 Å². The van der Waals surface area contributed by atoms with E-state index < -0.39 is 4.92 Å². The van der Waals surface area contributed by atoms with Crippen molar-refractivity contribution < 1.29 is 9.66 Å². The summed E-state index contributed by atoms with van der Waals surface area (Å²) >= 11 is 0. The van der Waals surface area contributed by atoms with E-state index in [1.165, 1.54) is 12.3 Å². The second-order valence-corrected chi connectivity index (χ2v) is 4.90. The SMILES string of the molecule is COC1CCN(c2ncc(C#N)cc2[N+](=O)[O-])C(CN)C1. The first-order valence-corrected chi connectivity index (χ1v) is 6.64. The molecule has 0 aliphatic carbocycles. The molecule has 0 radical (unpaired) electrons. The maximum Gasteiger partial charge on any atom is 0.312 e. The van der Waals surface area contributed by atoms with Crippen molar-refractivity contribution in [1.82, 2.24) is 4.98 Å². The summed E-state index contributed by atoms with van der Waals surface area (Å²) in [5, 5.41) is 20.1. The fraction of sp³-hybridized carbons (Fsp3) is 0.538. The van der Waals surface area contributed by atoms with E-state index in [4.69, 9.17) is 15.7 Å². The highest BCUT2D eigenvalue weighted by Crippen LogP contribution is 2.31. The normalized spacial score (nSPS) is 21.9. The van der Waals surface area contributed by atoms with Gasteiger partial charge in [-0.15, -0.1) is 0 Å². The molecule has 2 heterocycles. The largest absolute Gasteiger partial charge is 0.381 e. The van der Waals surface area contributed by atoms with Crippen LogP contribution < -0.4 is 10.6 Å². The van der Waals surface area contributed by atoms with Crippen LogP contribution in [0.25, 0.3) is 0 Å². The van der Waals surface area contributed by atoms with Crippen molar-refractivity contribution in [3.05, 3.63) is 27.9 Å². The number of hydrogen-bond acceptors (Lipinski definition) is 7. The van der Waals surface area contributed by atoms with Gasteiger partial charge in [-0.1, -0.05) is 0 Å². The topological polar surface area (TPSA) is 118 Å². The monoisotopic (exact) mass is 291 g/mol. The molecular weight excluding hydrogens is 274 g/mol. The Labute approximate surface area is 122 Å². The molecule has 1 fully saturated rings. The lowest BCUT2D eigenvalue weighted by Crippen LogP contribution is -2.49. The van der Waals surface area contributed by atoms with Crippen molar-refractivity contribution in [2.45, 2.75) is 25.0 Å². The number of methoxy groups -OCH3 is 1. The van der Waals surface area contributed by atoms with Gasteiger partial charge < -0.3 is 15.4 Å². The van der Waals surface area contributed by atoms with Gasteiger partial charge in [0.25, 0.3) is 0 Å². The van der Waals surface area contributed by atoms with Crippen molar-refractivity contribution >= 4 is 11.5 Å². The molecule has 2 atom stereocenters. The molecule has 0 aromatic carbocycles. The Kier molecular flexibility index (Phi) is 4.67. The average molecular weight is 291 g/mol. The van der Waals surface area contributed by atoms with Crippen LogP contribution in [-0.4, -0.2) is 42.3 Å². The lowest BCUT2D eigenvalue weighted by atomic mass is 9.99. The van der Waals surface area contributed by atoms with E-state index in [9.17, 15) is 10.1 Å². The van der Waals surface area contributed by atoms with Crippen LogP contribution in [0.1, 0.15) is 18.4 Å². The van der Waals surface area contributed by atoms with Crippen LogP contribution in [0.4, 0.5) is 11.5 Å². The zero-order chi connectivity index (χ0) is 15.4. The van der Waals surface area contributed by atoms with E-state index in [0.717, 1.165) is 6.42 Å². The molecule has 1 aliphatic heterocycles. The highest BCUT2D eigenvalue weighted by molar-refractivity contribution is 5.61. The highest BCUT2D eigenvalue weighted by Gasteiger charge is 2.32. The third-order valence-electron chi connectivity index (χ3n) is 3.72. The second kappa shape index (κ2) is 6.47.